The van der Waals surface area contributed by atoms with Crippen molar-refractivity contribution in [1.29, 1.82) is 0 Å². The van der Waals surface area contributed by atoms with Crippen LogP contribution in [0.25, 0.3) is 22.2 Å². The number of hydrogen-bond donors (Lipinski definition) is 1. The van der Waals surface area contributed by atoms with Gasteiger partial charge in [-0.15, -0.1) is 0 Å². The van der Waals surface area contributed by atoms with Crippen LogP contribution < -0.4 is 5.43 Å². The molecule has 1 heterocycles. The molecule has 0 saturated carbocycles. The van der Waals surface area contributed by atoms with Gasteiger partial charge in [0.05, 0.1) is 22.5 Å². The zero-order valence-electron chi connectivity index (χ0n) is 17.1. The molecule has 4 rings (SSSR count). The van der Waals surface area contributed by atoms with E-state index >= 15 is 0 Å². The zero-order chi connectivity index (χ0) is 20.4. The summed E-state index contributed by atoms with van der Waals surface area (Å²) in [5.41, 5.74) is 8.26. The third kappa shape index (κ3) is 4.27. The average Bonchev–Trinajstić information content (AvgIpc) is 2.70. The fourth-order valence-corrected chi connectivity index (χ4v) is 4.07. The van der Waals surface area contributed by atoms with Crippen molar-refractivity contribution >= 4 is 22.5 Å². The number of nitrogens with one attached hydrogen (secondary N) is 1. The summed E-state index contributed by atoms with van der Waals surface area (Å²) in [4.78, 5) is 17.8. The summed E-state index contributed by atoms with van der Waals surface area (Å²) in [5.74, 6) is -0.220. The van der Waals surface area contributed by atoms with Crippen LogP contribution in [0.4, 0.5) is 0 Å². The van der Waals surface area contributed by atoms with Gasteiger partial charge in [0.15, 0.2) is 0 Å². The largest absolute Gasteiger partial charge is 0.272 e. The highest BCUT2D eigenvalue weighted by atomic mass is 16.2. The lowest BCUT2D eigenvalue weighted by molar-refractivity contribution is 0.0956. The summed E-state index contributed by atoms with van der Waals surface area (Å²) < 4.78 is 0. The van der Waals surface area contributed by atoms with Gasteiger partial charge in [0.2, 0.25) is 0 Å². The van der Waals surface area contributed by atoms with Crippen LogP contribution in [0.5, 0.6) is 0 Å². The first-order valence-electron chi connectivity index (χ1n) is 9.91. The molecule has 2 aromatic carbocycles. The van der Waals surface area contributed by atoms with Gasteiger partial charge in [-0.1, -0.05) is 68.0 Å². The Morgan fingerprint density at radius 1 is 1.03 bits per heavy atom. The Morgan fingerprint density at radius 3 is 2.52 bits per heavy atom. The molecule has 1 aliphatic carbocycles. The van der Waals surface area contributed by atoms with E-state index in [1.165, 1.54) is 5.57 Å². The fourth-order valence-electron chi connectivity index (χ4n) is 4.07. The topological polar surface area (TPSA) is 54.4 Å². The molecule has 0 radical (unpaired) electrons. The molecule has 1 aromatic heterocycles. The molecule has 0 atom stereocenters. The van der Waals surface area contributed by atoms with Crippen molar-refractivity contribution < 1.29 is 4.79 Å². The Bertz CT molecular complexity index is 1130. The summed E-state index contributed by atoms with van der Waals surface area (Å²) in [7, 11) is 0. The number of hydrazone groups is 1. The number of pyridine rings is 1. The van der Waals surface area contributed by atoms with Crippen molar-refractivity contribution in [1.82, 2.24) is 10.4 Å². The van der Waals surface area contributed by atoms with Gasteiger partial charge in [-0.25, -0.2) is 10.4 Å². The molecule has 1 N–H and O–H groups in total. The summed E-state index contributed by atoms with van der Waals surface area (Å²) in [6.45, 7) is 6.56. The minimum atomic E-state index is -0.220. The van der Waals surface area contributed by atoms with Crippen LogP contribution in [0.3, 0.4) is 0 Å². The number of nitrogens with zero attached hydrogens (tertiary/aromatic N) is 2. The van der Waals surface area contributed by atoms with E-state index in [2.05, 4.69) is 37.4 Å². The second-order valence-corrected chi connectivity index (χ2v) is 8.49. The van der Waals surface area contributed by atoms with E-state index in [9.17, 15) is 4.79 Å². The van der Waals surface area contributed by atoms with Gasteiger partial charge < -0.3 is 0 Å². The van der Waals surface area contributed by atoms with Crippen molar-refractivity contribution in [2.45, 2.75) is 33.6 Å². The molecule has 29 heavy (non-hydrogen) atoms. The number of aromatic nitrogens is 1. The van der Waals surface area contributed by atoms with E-state index in [-0.39, 0.29) is 11.3 Å². The number of amides is 1. The predicted octanol–water partition coefficient (Wildman–Crippen LogP) is 5.75. The van der Waals surface area contributed by atoms with Crippen LogP contribution in [0.1, 0.15) is 44.0 Å². The van der Waals surface area contributed by atoms with Crippen molar-refractivity contribution in [2.75, 3.05) is 0 Å². The number of rotatable bonds is 3. The second kappa shape index (κ2) is 7.63. The van der Waals surface area contributed by atoms with Crippen LogP contribution in [0.2, 0.25) is 0 Å². The molecule has 1 amide bonds. The highest BCUT2D eigenvalue weighted by molar-refractivity contribution is 6.08. The van der Waals surface area contributed by atoms with Gasteiger partial charge >= 0.3 is 0 Å². The summed E-state index contributed by atoms with van der Waals surface area (Å²) in [6.07, 6.45) is 3.97. The first-order chi connectivity index (χ1) is 13.9. The molecule has 0 spiro atoms. The Hall–Kier alpha value is -3.27. The maximum Gasteiger partial charge on any atom is 0.272 e. The molecule has 0 bridgehead atoms. The first kappa shape index (κ1) is 19.1. The van der Waals surface area contributed by atoms with Crippen LogP contribution >= 0.6 is 0 Å². The van der Waals surface area contributed by atoms with Gasteiger partial charge in [0.1, 0.15) is 0 Å². The van der Waals surface area contributed by atoms with Crippen molar-refractivity contribution in [3.8, 4) is 11.3 Å². The smallest absolute Gasteiger partial charge is 0.267 e. The molecule has 146 valence electrons. The summed E-state index contributed by atoms with van der Waals surface area (Å²) in [6, 6.07) is 19.5. The summed E-state index contributed by atoms with van der Waals surface area (Å²) in [5, 5.41) is 5.26. The number of carbonyl (C=O) groups excluding carboxylic acids is 1. The molecule has 0 unspecified atom stereocenters. The zero-order valence-corrected chi connectivity index (χ0v) is 17.1. The molecule has 0 saturated heterocycles. The number of para-hydroxylation sites is 1. The lowest BCUT2D eigenvalue weighted by Crippen LogP contribution is -2.25. The van der Waals surface area contributed by atoms with Gasteiger partial charge in [-0.3, -0.25) is 4.79 Å². The second-order valence-electron chi connectivity index (χ2n) is 8.49. The normalized spacial score (nSPS) is 17.2. The SMILES string of the molecule is CC1=CC(=NNC(=O)c2cc(-c3ccccc3)nc3ccccc23)CC(C)(C)C1. The summed E-state index contributed by atoms with van der Waals surface area (Å²) >= 11 is 0. The number of fused-ring (bicyclic) bond motifs is 1. The molecule has 4 heteroatoms. The molecular weight excluding hydrogens is 358 g/mol. The van der Waals surface area contributed by atoms with Crippen LogP contribution in [0, 0.1) is 5.41 Å². The Morgan fingerprint density at radius 2 is 1.76 bits per heavy atom. The van der Waals surface area contributed by atoms with Gasteiger partial charge in [0, 0.05) is 10.9 Å². The molecule has 0 aliphatic heterocycles. The van der Waals surface area contributed by atoms with Crippen molar-refractivity contribution in [3.63, 3.8) is 0 Å². The number of allylic oxidation sites excluding steroid dienone is 2. The Balaban J connectivity index is 1.70. The van der Waals surface area contributed by atoms with E-state index in [1.54, 1.807) is 0 Å². The van der Waals surface area contributed by atoms with E-state index in [1.807, 2.05) is 60.7 Å². The highest BCUT2D eigenvalue weighted by Gasteiger charge is 2.25. The standard InChI is InChI=1S/C25H25N3O/c1-17-13-19(16-25(2,3)15-17)27-28-24(29)21-14-23(18-9-5-4-6-10-18)26-22-12-8-7-11-20(21)22/h4-14H,15-16H2,1-3H3,(H,28,29). The van der Waals surface area contributed by atoms with Crippen LogP contribution in [0.15, 0.2) is 77.4 Å². The van der Waals surface area contributed by atoms with Crippen molar-refractivity contribution in [3.05, 3.63) is 77.9 Å². The highest BCUT2D eigenvalue weighted by Crippen LogP contribution is 2.33. The minimum Gasteiger partial charge on any atom is -0.267 e. The Kier molecular flexibility index (Phi) is 5.01. The van der Waals surface area contributed by atoms with Gasteiger partial charge in [-0.2, -0.15) is 5.10 Å². The number of benzene rings is 2. The third-order valence-corrected chi connectivity index (χ3v) is 5.16. The minimum absolute atomic E-state index is 0.159. The predicted molar refractivity (Wildman–Crippen MR) is 119 cm³/mol. The van der Waals surface area contributed by atoms with E-state index in [0.717, 1.165) is 40.7 Å². The van der Waals surface area contributed by atoms with Crippen LogP contribution in [-0.4, -0.2) is 16.6 Å². The van der Waals surface area contributed by atoms with Crippen molar-refractivity contribution in [2.24, 2.45) is 10.5 Å². The third-order valence-electron chi connectivity index (χ3n) is 5.16. The monoisotopic (exact) mass is 383 g/mol. The first-order valence-corrected chi connectivity index (χ1v) is 9.91. The van der Waals surface area contributed by atoms with Crippen LogP contribution in [-0.2, 0) is 0 Å². The maximum absolute atomic E-state index is 13.1. The van der Waals surface area contributed by atoms with E-state index in [4.69, 9.17) is 4.98 Å². The van der Waals surface area contributed by atoms with E-state index < -0.39 is 0 Å². The molecule has 1 aliphatic rings. The maximum atomic E-state index is 13.1. The van der Waals surface area contributed by atoms with Gasteiger partial charge in [0.25, 0.3) is 5.91 Å². The number of carbonyl (C=O) groups is 1. The fraction of sp³-hybridized carbons (Fsp3) is 0.240. The van der Waals surface area contributed by atoms with Gasteiger partial charge in [-0.05, 0) is 43.4 Å². The Labute approximate surface area is 171 Å². The molecule has 0 fully saturated rings. The average molecular weight is 383 g/mol. The molecule has 3 aromatic rings. The lowest BCUT2D eigenvalue weighted by atomic mass is 9.77. The van der Waals surface area contributed by atoms with E-state index in [0.29, 0.717) is 5.56 Å². The molecule has 4 nitrogen and oxygen atoms in total. The quantitative estimate of drug-likeness (QED) is 0.585. The molecular formula is C25H25N3O. The lowest BCUT2D eigenvalue weighted by Gasteiger charge is -2.29. The number of hydrogen-bond acceptors (Lipinski definition) is 3.